The topological polar surface area (TPSA) is 3.24 Å². The van der Waals surface area contributed by atoms with E-state index in [1.54, 1.807) is 0 Å². The Labute approximate surface area is 61.9 Å². The zero-order chi connectivity index (χ0) is 7.61. The third-order valence-electron chi connectivity index (χ3n) is 1.75. The van der Waals surface area contributed by atoms with Crippen LogP contribution < -0.4 is 0 Å². The van der Waals surface area contributed by atoms with Crippen molar-refractivity contribution in [1.82, 2.24) is 4.90 Å². The van der Waals surface area contributed by atoms with Gasteiger partial charge in [-0.05, 0) is 13.2 Å². The molecule has 10 heavy (non-hydrogen) atoms. The van der Waals surface area contributed by atoms with E-state index in [9.17, 15) is 0 Å². The summed E-state index contributed by atoms with van der Waals surface area (Å²) in [6.07, 6.45) is 7.82. The molecule has 1 aliphatic heterocycles. The first-order valence-corrected chi connectivity index (χ1v) is 3.26. The molecular weight excluding hydrogens is 124 g/mol. The van der Waals surface area contributed by atoms with Crippen molar-refractivity contribution in [2.24, 2.45) is 0 Å². The van der Waals surface area contributed by atoms with Crippen LogP contribution in [0.3, 0.4) is 0 Å². The fourth-order valence-electron chi connectivity index (χ4n) is 1.03. The van der Waals surface area contributed by atoms with Crippen LogP contribution in [0, 0.1) is 0 Å². The lowest BCUT2D eigenvalue weighted by atomic mass is 10.6. The molecule has 0 amide bonds. The van der Waals surface area contributed by atoms with Gasteiger partial charge in [-0.2, -0.15) is 0 Å². The van der Waals surface area contributed by atoms with Crippen LogP contribution >= 0.6 is 0 Å². The van der Waals surface area contributed by atoms with Crippen LogP contribution in [0.1, 0.15) is 0 Å². The van der Waals surface area contributed by atoms with Crippen LogP contribution in [-0.4, -0.2) is 23.1 Å². The number of quaternary nitrogens is 1. The maximum absolute atomic E-state index is 3.74. The van der Waals surface area contributed by atoms with Crippen LogP contribution in [-0.2, 0) is 0 Å². The molecule has 0 atom stereocenters. The molecule has 1 aliphatic rings. The Balaban J connectivity index is 2.80. The van der Waals surface area contributed by atoms with Crippen LogP contribution in [0.2, 0.25) is 0 Å². The number of hydrogen-bond donors (Lipinski definition) is 0. The van der Waals surface area contributed by atoms with Crippen LogP contribution in [0.5, 0.6) is 0 Å². The molecule has 0 saturated carbocycles. The Bertz CT molecular complexity index is 174. The SMILES string of the molecule is C=C[N+]1(C=C)C=CN(C)C1. The lowest BCUT2D eigenvalue weighted by Gasteiger charge is -2.22. The predicted octanol–water partition coefficient (Wildman–Crippen LogP) is 1.46. The third-order valence-corrected chi connectivity index (χ3v) is 1.75. The second kappa shape index (κ2) is 2.31. The van der Waals surface area contributed by atoms with Crippen molar-refractivity contribution in [2.75, 3.05) is 13.7 Å². The molecule has 0 aromatic rings. The molecule has 0 N–H and O–H groups in total. The quantitative estimate of drug-likeness (QED) is 0.521. The number of nitrogens with zero attached hydrogens (tertiary/aromatic N) is 2. The average molecular weight is 137 g/mol. The Kier molecular flexibility index (Phi) is 1.64. The highest BCUT2D eigenvalue weighted by molar-refractivity contribution is 4.86. The molecule has 0 saturated heterocycles. The van der Waals surface area contributed by atoms with Crippen LogP contribution in [0.4, 0.5) is 0 Å². The third kappa shape index (κ3) is 0.977. The standard InChI is InChI=1S/C8H13N2/c1-4-10(5-2)7-6-9(3)8-10/h4-7H,1-2,8H2,3H3/q+1. The van der Waals surface area contributed by atoms with Crippen LogP contribution in [0.15, 0.2) is 38.0 Å². The first-order valence-electron chi connectivity index (χ1n) is 3.26. The van der Waals surface area contributed by atoms with E-state index in [0.29, 0.717) is 4.48 Å². The fraction of sp³-hybridized carbons (Fsp3) is 0.250. The summed E-state index contributed by atoms with van der Waals surface area (Å²) in [6, 6.07) is 0. The normalized spacial score (nSPS) is 21.1. The maximum atomic E-state index is 3.74. The monoisotopic (exact) mass is 137 g/mol. The molecule has 2 heteroatoms. The highest BCUT2D eigenvalue weighted by Gasteiger charge is 2.23. The van der Waals surface area contributed by atoms with Crippen molar-refractivity contribution < 1.29 is 4.48 Å². The Morgan fingerprint density at radius 3 is 2.30 bits per heavy atom. The molecule has 0 aliphatic carbocycles. The second-order valence-electron chi connectivity index (χ2n) is 2.56. The van der Waals surface area contributed by atoms with Crippen molar-refractivity contribution in [3.63, 3.8) is 0 Å². The van der Waals surface area contributed by atoms with Gasteiger partial charge in [-0.25, -0.2) is 4.48 Å². The maximum Gasteiger partial charge on any atom is 0.166 e. The van der Waals surface area contributed by atoms with E-state index in [0.717, 1.165) is 6.67 Å². The molecule has 54 valence electrons. The zero-order valence-electron chi connectivity index (χ0n) is 6.33. The molecule has 0 radical (unpaired) electrons. The van der Waals surface area contributed by atoms with Gasteiger partial charge in [-0.1, -0.05) is 0 Å². The number of rotatable bonds is 2. The van der Waals surface area contributed by atoms with Crippen LogP contribution in [0.25, 0.3) is 0 Å². The van der Waals surface area contributed by atoms with Gasteiger partial charge in [0.1, 0.15) is 6.20 Å². The lowest BCUT2D eigenvalue weighted by molar-refractivity contribution is -0.774. The molecule has 0 bridgehead atoms. The van der Waals surface area contributed by atoms with Crippen molar-refractivity contribution >= 4 is 0 Å². The van der Waals surface area contributed by atoms with Gasteiger partial charge in [-0.3, -0.25) is 0 Å². The van der Waals surface area contributed by atoms with Gasteiger partial charge in [-0.15, -0.1) is 0 Å². The van der Waals surface area contributed by atoms with Crippen molar-refractivity contribution in [2.45, 2.75) is 0 Å². The van der Waals surface area contributed by atoms with E-state index in [-0.39, 0.29) is 0 Å². The first-order chi connectivity index (χ1) is 4.72. The summed E-state index contributed by atoms with van der Waals surface area (Å²) in [7, 11) is 2.03. The van der Waals surface area contributed by atoms with Gasteiger partial charge in [0.25, 0.3) is 0 Å². The Hall–Kier alpha value is -1.02. The van der Waals surface area contributed by atoms with E-state index < -0.39 is 0 Å². The predicted molar refractivity (Wildman–Crippen MR) is 42.4 cm³/mol. The lowest BCUT2D eigenvalue weighted by Crippen LogP contribution is -2.32. The smallest absolute Gasteiger partial charge is 0.166 e. The molecule has 0 aromatic carbocycles. The molecule has 1 rings (SSSR count). The van der Waals surface area contributed by atoms with Crippen molar-refractivity contribution in [1.29, 1.82) is 0 Å². The van der Waals surface area contributed by atoms with Gasteiger partial charge in [0.15, 0.2) is 6.67 Å². The highest BCUT2D eigenvalue weighted by Crippen LogP contribution is 2.16. The summed E-state index contributed by atoms with van der Waals surface area (Å²) in [4.78, 5) is 2.10. The second-order valence-corrected chi connectivity index (χ2v) is 2.56. The van der Waals surface area contributed by atoms with Gasteiger partial charge < -0.3 is 4.90 Å². The number of hydrogen-bond acceptors (Lipinski definition) is 1. The highest BCUT2D eigenvalue weighted by atomic mass is 15.4. The summed E-state index contributed by atoms with van der Waals surface area (Å²) < 4.78 is 0.649. The fourth-order valence-corrected chi connectivity index (χ4v) is 1.03. The molecule has 2 nitrogen and oxygen atoms in total. The van der Waals surface area contributed by atoms with E-state index in [4.69, 9.17) is 0 Å². The molecule has 0 unspecified atom stereocenters. The molecule has 0 spiro atoms. The van der Waals surface area contributed by atoms with Gasteiger partial charge in [0.05, 0.1) is 18.6 Å². The van der Waals surface area contributed by atoms with E-state index in [2.05, 4.69) is 24.3 Å². The zero-order valence-corrected chi connectivity index (χ0v) is 6.33. The Morgan fingerprint density at radius 1 is 1.50 bits per heavy atom. The van der Waals surface area contributed by atoms with E-state index in [1.165, 1.54) is 0 Å². The first kappa shape index (κ1) is 7.09. The van der Waals surface area contributed by atoms with Gasteiger partial charge in [0.2, 0.25) is 0 Å². The summed E-state index contributed by atoms with van der Waals surface area (Å²) in [5.74, 6) is 0. The minimum Gasteiger partial charge on any atom is -0.329 e. The van der Waals surface area contributed by atoms with Gasteiger partial charge in [0, 0.05) is 7.05 Å². The summed E-state index contributed by atoms with van der Waals surface area (Å²) in [6.45, 7) is 8.40. The minimum atomic E-state index is 0.649. The Morgan fingerprint density at radius 2 is 2.10 bits per heavy atom. The summed E-state index contributed by atoms with van der Waals surface area (Å²) in [5.41, 5.74) is 0. The molecular formula is C8H13N2+. The summed E-state index contributed by atoms with van der Waals surface area (Å²) in [5, 5.41) is 0. The largest absolute Gasteiger partial charge is 0.329 e. The van der Waals surface area contributed by atoms with Crippen molar-refractivity contribution in [3.05, 3.63) is 38.0 Å². The van der Waals surface area contributed by atoms with Crippen molar-refractivity contribution in [3.8, 4) is 0 Å². The molecule has 0 fully saturated rings. The molecule has 0 aromatic heterocycles. The van der Waals surface area contributed by atoms with Gasteiger partial charge >= 0.3 is 0 Å². The molecule has 1 heterocycles. The van der Waals surface area contributed by atoms with E-state index in [1.807, 2.05) is 25.6 Å². The minimum absolute atomic E-state index is 0.649. The summed E-state index contributed by atoms with van der Waals surface area (Å²) >= 11 is 0. The van der Waals surface area contributed by atoms with E-state index >= 15 is 0 Å². The average Bonchev–Trinajstić information content (AvgIpc) is 2.33.